The second-order valence-electron chi connectivity index (χ2n) is 7.23. The topological polar surface area (TPSA) is 47.4 Å². The van der Waals surface area contributed by atoms with E-state index < -0.39 is 23.8 Å². The van der Waals surface area contributed by atoms with Crippen molar-refractivity contribution in [2.24, 2.45) is 11.8 Å². The summed E-state index contributed by atoms with van der Waals surface area (Å²) in [5, 5.41) is 4.31. The number of aromatic nitrogens is 2. The summed E-state index contributed by atoms with van der Waals surface area (Å²) in [4.78, 5) is 14.2. The molecule has 0 bridgehead atoms. The normalized spacial score (nSPS) is 22.0. The van der Waals surface area contributed by atoms with Gasteiger partial charge in [0.05, 0.1) is 12.5 Å². The molecule has 9 heteroatoms. The van der Waals surface area contributed by atoms with Crippen molar-refractivity contribution in [3.63, 3.8) is 0 Å². The Morgan fingerprint density at radius 1 is 1.18 bits per heavy atom. The highest BCUT2D eigenvalue weighted by atomic mass is 19.4. The first-order chi connectivity index (χ1) is 13.3. The van der Waals surface area contributed by atoms with Crippen LogP contribution in [0.5, 0.6) is 5.75 Å². The first-order valence-corrected chi connectivity index (χ1v) is 9.12. The van der Waals surface area contributed by atoms with Gasteiger partial charge in [-0.05, 0) is 37.0 Å². The smallest absolute Gasteiger partial charge is 0.392 e. The number of hydrogen-bond donors (Lipinski definition) is 0. The lowest BCUT2D eigenvalue weighted by molar-refractivity contribution is -0.214. The van der Waals surface area contributed by atoms with Gasteiger partial charge in [-0.15, -0.1) is 0 Å². The lowest BCUT2D eigenvalue weighted by atomic mass is 9.73. The number of carbonyl (C=O) groups excluding carboxylic acids is 1. The Morgan fingerprint density at radius 2 is 2.00 bits per heavy atom. The molecule has 1 saturated carbocycles. The predicted molar refractivity (Wildman–Crippen MR) is 91.1 cm³/mol. The summed E-state index contributed by atoms with van der Waals surface area (Å²) in [5.41, 5.74) is 0.846. The van der Waals surface area contributed by atoms with Gasteiger partial charge in [0.2, 0.25) is 0 Å². The molecule has 1 fully saturated rings. The third-order valence-corrected chi connectivity index (χ3v) is 5.39. The molecule has 150 valence electrons. The fourth-order valence-corrected chi connectivity index (χ4v) is 3.75. The largest absolute Gasteiger partial charge is 0.487 e. The fourth-order valence-electron chi connectivity index (χ4n) is 3.75. The number of alkyl halides is 3. The second kappa shape index (κ2) is 7.10. The Kier molecular flexibility index (Phi) is 4.76. The summed E-state index contributed by atoms with van der Waals surface area (Å²) in [7, 11) is 0. The summed E-state index contributed by atoms with van der Waals surface area (Å²) in [5.74, 6) is -2.23. The first-order valence-electron chi connectivity index (χ1n) is 9.12. The van der Waals surface area contributed by atoms with Gasteiger partial charge in [-0.25, -0.2) is 4.39 Å². The average molecular weight is 397 g/mol. The van der Waals surface area contributed by atoms with Crippen LogP contribution >= 0.6 is 0 Å². The van der Waals surface area contributed by atoms with Crippen molar-refractivity contribution in [2.75, 3.05) is 13.1 Å². The molecule has 1 unspecified atom stereocenters. The van der Waals surface area contributed by atoms with E-state index in [-0.39, 0.29) is 25.5 Å². The molecule has 0 radical (unpaired) electrons. The van der Waals surface area contributed by atoms with Gasteiger partial charge in [-0.3, -0.25) is 9.48 Å². The monoisotopic (exact) mass is 397 g/mol. The van der Waals surface area contributed by atoms with Crippen LogP contribution in [0.25, 0.3) is 0 Å². The van der Waals surface area contributed by atoms with Crippen molar-refractivity contribution in [1.82, 2.24) is 14.7 Å². The summed E-state index contributed by atoms with van der Waals surface area (Å²) in [6.45, 7) is 0.933. The summed E-state index contributed by atoms with van der Waals surface area (Å²) < 4.78 is 59.0. The van der Waals surface area contributed by atoms with Gasteiger partial charge in [-0.2, -0.15) is 18.3 Å². The molecule has 2 aromatic rings. The SMILES string of the molecule is O=C1c2cc(COc3cccc(F)c3)nn2CCN1C[C@H]1CCC1C(F)(F)F. The minimum atomic E-state index is -4.20. The van der Waals surface area contributed by atoms with E-state index in [0.717, 1.165) is 0 Å². The highest BCUT2D eigenvalue weighted by Crippen LogP contribution is 2.46. The maximum atomic E-state index is 13.2. The van der Waals surface area contributed by atoms with Gasteiger partial charge in [-0.1, -0.05) is 6.07 Å². The molecule has 1 aromatic carbocycles. The molecule has 0 N–H and O–H groups in total. The molecular weight excluding hydrogens is 378 g/mol. The minimum absolute atomic E-state index is 0.0650. The number of rotatable bonds is 5. The molecule has 5 nitrogen and oxygen atoms in total. The van der Waals surface area contributed by atoms with E-state index in [4.69, 9.17) is 4.74 Å². The number of halogens is 4. The third kappa shape index (κ3) is 3.70. The highest BCUT2D eigenvalue weighted by Gasteiger charge is 2.50. The average Bonchev–Trinajstić information content (AvgIpc) is 3.01. The van der Waals surface area contributed by atoms with Crippen molar-refractivity contribution in [3.8, 4) is 5.75 Å². The number of amides is 1. The van der Waals surface area contributed by atoms with E-state index in [1.165, 1.54) is 23.1 Å². The Morgan fingerprint density at radius 3 is 2.68 bits per heavy atom. The van der Waals surface area contributed by atoms with Crippen molar-refractivity contribution < 1.29 is 27.1 Å². The highest BCUT2D eigenvalue weighted by molar-refractivity contribution is 5.93. The molecule has 1 aromatic heterocycles. The van der Waals surface area contributed by atoms with Gasteiger partial charge in [0.25, 0.3) is 5.91 Å². The molecule has 2 heterocycles. The maximum Gasteiger partial charge on any atom is 0.392 e. The van der Waals surface area contributed by atoms with Crippen molar-refractivity contribution in [1.29, 1.82) is 0 Å². The molecular formula is C19H19F4N3O2. The molecule has 4 rings (SSSR count). The zero-order valence-corrected chi connectivity index (χ0v) is 15.0. The van der Waals surface area contributed by atoms with Crippen LogP contribution in [0.2, 0.25) is 0 Å². The minimum Gasteiger partial charge on any atom is -0.487 e. The van der Waals surface area contributed by atoms with Crippen LogP contribution in [0.4, 0.5) is 17.6 Å². The lowest BCUT2D eigenvalue weighted by Gasteiger charge is -2.41. The van der Waals surface area contributed by atoms with Crippen LogP contribution in [-0.2, 0) is 13.2 Å². The molecule has 1 aliphatic carbocycles. The molecule has 28 heavy (non-hydrogen) atoms. The number of ether oxygens (including phenoxy) is 1. The van der Waals surface area contributed by atoms with E-state index in [1.807, 2.05) is 0 Å². The van der Waals surface area contributed by atoms with Crippen LogP contribution in [-0.4, -0.2) is 39.9 Å². The molecule has 0 spiro atoms. The Labute approximate surface area is 158 Å². The van der Waals surface area contributed by atoms with E-state index in [2.05, 4.69) is 5.10 Å². The van der Waals surface area contributed by atoms with Gasteiger partial charge < -0.3 is 9.64 Å². The summed E-state index contributed by atoms with van der Waals surface area (Å²) in [6.07, 6.45) is -3.58. The van der Waals surface area contributed by atoms with Crippen LogP contribution in [0.3, 0.4) is 0 Å². The third-order valence-electron chi connectivity index (χ3n) is 5.39. The Bertz CT molecular complexity index is 880. The predicted octanol–water partition coefficient (Wildman–Crippen LogP) is 3.65. The van der Waals surface area contributed by atoms with E-state index in [9.17, 15) is 22.4 Å². The Hall–Kier alpha value is -2.58. The van der Waals surface area contributed by atoms with E-state index in [0.29, 0.717) is 36.6 Å². The van der Waals surface area contributed by atoms with Crippen molar-refractivity contribution in [3.05, 3.63) is 47.5 Å². The number of fused-ring (bicyclic) bond motifs is 1. The summed E-state index contributed by atoms with van der Waals surface area (Å²) in [6, 6.07) is 7.27. The van der Waals surface area contributed by atoms with Crippen LogP contribution in [0, 0.1) is 17.7 Å². The van der Waals surface area contributed by atoms with Gasteiger partial charge in [0.1, 0.15) is 29.6 Å². The lowest BCUT2D eigenvalue weighted by Crippen LogP contribution is -2.49. The summed E-state index contributed by atoms with van der Waals surface area (Å²) >= 11 is 0. The zero-order valence-electron chi connectivity index (χ0n) is 15.0. The number of carbonyl (C=O) groups is 1. The van der Waals surface area contributed by atoms with Crippen LogP contribution < -0.4 is 4.74 Å². The van der Waals surface area contributed by atoms with Crippen molar-refractivity contribution >= 4 is 5.91 Å². The number of hydrogen-bond acceptors (Lipinski definition) is 3. The number of nitrogens with zero attached hydrogens (tertiary/aromatic N) is 3. The van der Waals surface area contributed by atoms with Gasteiger partial charge in [0.15, 0.2) is 0 Å². The van der Waals surface area contributed by atoms with E-state index in [1.54, 1.807) is 16.8 Å². The first kappa shape index (κ1) is 18.8. The fraction of sp³-hybridized carbons (Fsp3) is 0.474. The maximum absolute atomic E-state index is 13.2. The quantitative estimate of drug-likeness (QED) is 0.724. The standard InChI is InChI=1S/C19H19F4N3O2/c20-13-2-1-3-15(8-13)28-11-14-9-17-18(27)25(6-7-26(17)24-14)10-12-4-5-16(12)19(21,22)23/h1-3,8-9,12,16H,4-7,10-11H2/t12-,16?/m1/s1. The zero-order chi connectivity index (χ0) is 19.9. The molecule has 1 aliphatic heterocycles. The van der Waals surface area contributed by atoms with E-state index >= 15 is 0 Å². The molecule has 1 amide bonds. The molecule has 2 aliphatic rings. The van der Waals surface area contributed by atoms with Gasteiger partial charge >= 0.3 is 6.18 Å². The number of benzene rings is 1. The van der Waals surface area contributed by atoms with Crippen LogP contribution in [0.1, 0.15) is 29.0 Å². The molecule has 0 saturated heterocycles. The second-order valence-corrected chi connectivity index (χ2v) is 7.23. The Balaban J connectivity index is 1.40. The molecule has 2 atom stereocenters. The van der Waals surface area contributed by atoms with Crippen LogP contribution in [0.15, 0.2) is 30.3 Å². The van der Waals surface area contributed by atoms with Crippen molar-refractivity contribution in [2.45, 2.75) is 32.2 Å². The van der Waals surface area contributed by atoms with Gasteiger partial charge in [0, 0.05) is 19.2 Å².